The summed E-state index contributed by atoms with van der Waals surface area (Å²) >= 11 is 0. The third-order valence-corrected chi connectivity index (χ3v) is 5.74. The predicted octanol–water partition coefficient (Wildman–Crippen LogP) is 8.33. The van der Waals surface area contributed by atoms with Crippen molar-refractivity contribution >= 4 is 0 Å². The topological polar surface area (TPSA) is 12.9 Å². The summed E-state index contributed by atoms with van der Waals surface area (Å²) in [5, 5.41) is 0. The fraction of sp³-hybridized carbons (Fsp3) is 0.207. The standard InChI is InChI=1S/C29H29N/c1-20(2)22-8-10-23(11-9-22)24-12-14-25(15-13-24)27-6-5-7-28(18-27)29-19-26(21(3)4)16-17-30-29/h5-21H,1-4H3. The molecule has 0 aliphatic rings. The first kappa shape index (κ1) is 20.1. The first-order valence-electron chi connectivity index (χ1n) is 10.8. The van der Waals surface area contributed by atoms with Crippen LogP contribution in [0.5, 0.6) is 0 Å². The van der Waals surface area contributed by atoms with E-state index in [1.165, 1.54) is 33.4 Å². The van der Waals surface area contributed by atoms with E-state index in [1.807, 2.05) is 6.20 Å². The van der Waals surface area contributed by atoms with E-state index in [0.29, 0.717) is 11.8 Å². The van der Waals surface area contributed by atoms with Gasteiger partial charge in [-0.15, -0.1) is 0 Å². The first-order valence-corrected chi connectivity index (χ1v) is 10.8. The molecule has 0 unspecified atom stereocenters. The van der Waals surface area contributed by atoms with Crippen molar-refractivity contribution in [2.45, 2.75) is 39.5 Å². The molecule has 0 bridgehead atoms. The summed E-state index contributed by atoms with van der Waals surface area (Å²) in [5.41, 5.74) is 9.82. The Hall–Kier alpha value is -3.19. The average molecular weight is 392 g/mol. The molecule has 1 aromatic heterocycles. The molecular weight excluding hydrogens is 362 g/mol. The van der Waals surface area contributed by atoms with Gasteiger partial charge in [0.2, 0.25) is 0 Å². The van der Waals surface area contributed by atoms with Crippen molar-refractivity contribution < 1.29 is 0 Å². The zero-order chi connectivity index (χ0) is 21.1. The second-order valence-corrected chi connectivity index (χ2v) is 8.56. The summed E-state index contributed by atoms with van der Waals surface area (Å²) in [7, 11) is 0. The summed E-state index contributed by atoms with van der Waals surface area (Å²) in [6.07, 6.45) is 1.91. The minimum absolute atomic E-state index is 0.497. The molecule has 0 aliphatic heterocycles. The van der Waals surface area contributed by atoms with Crippen LogP contribution in [0.1, 0.15) is 50.7 Å². The van der Waals surface area contributed by atoms with E-state index >= 15 is 0 Å². The molecule has 0 atom stereocenters. The van der Waals surface area contributed by atoms with E-state index in [-0.39, 0.29) is 0 Å². The van der Waals surface area contributed by atoms with Crippen molar-refractivity contribution in [2.75, 3.05) is 0 Å². The minimum Gasteiger partial charge on any atom is -0.256 e. The molecule has 1 nitrogen and oxygen atoms in total. The quantitative estimate of drug-likeness (QED) is 0.333. The van der Waals surface area contributed by atoms with E-state index in [2.05, 4.69) is 118 Å². The Kier molecular flexibility index (Phi) is 5.81. The number of nitrogens with zero attached hydrogens (tertiary/aromatic N) is 1. The normalized spacial score (nSPS) is 11.3. The van der Waals surface area contributed by atoms with Gasteiger partial charge < -0.3 is 0 Å². The highest BCUT2D eigenvalue weighted by Gasteiger charge is 2.07. The van der Waals surface area contributed by atoms with Gasteiger partial charge in [-0.3, -0.25) is 4.98 Å². The van der Waals surface area contributed by atoms with E-state index in [9.17, 15) is 0 Å². The van der Waals surface area contributed by atoms with Crippen molar-refractivity contribution in [3.8, 4) is 33.5 Å². The highest BCUT2D eigenvalue weighted by molar-refractivity contribution is 5.74. The summed E-state index contributed by atoms with van der Waals surface area (Å²) in [6, 6.07) is 30.7. The van der Waals surface area contributed by atoms with E-state index in [0.717, 1.165) is 11.3 Å². The number of pyridine rings is 1. The van der Waals surface area contributed by atoms with Crippen LogP contribution in [-0.2, 0) is 0 Å². The number of hydrogen-bond acceptors (Lipinski definition) is 1. The lowest BCUT2D eigenvalue weighted by molar-refractivity contribution is 0.864. The molecule has 0 saturated heterocycles. The first-order chi connectivity index (χ1) is 14.5. The highest BCUT2D eigenvalue weighted by atomic mass is 14.7. The second-order valence-electron chi connectivity index (χ2n) is 8.56. The zero-order valence-electron chi connectivity index (χ0n) is 18.3. The molecule has 1 heterocycles. The summed E-state index contributed by atoms with van der Waals surface area (Å²) in [4.78, 5) is 4.60. The van der Waals surface area contributed by atoms with E-state index < -0.39 is 0 Å². The number of benzene rings is 3. The van der Waals surface area contributed by atoms with Gasteiger partial charge in [0.05, 0.1) is 5.69 Å². The molecular formula is C29H29N. The Balaban J connectivity index is 1.60. The van der Waals surface area contributed by atoms with Gasteiger partial charge in [-0.2, -0.15) is 0 Å². The Morgan fingerprint density at radius 3 is 1.63 bits per heavy atom. The van der Waals surface area contributed by atoms with Crippen LogP contribution in [-0.4, -0.2) is 4.98 Å². The monoisotopic (exact) mass is 391 g/mol. The lowest BCUT2D eigenvalue weighted by Crippen LogP contribution is -1.91. The van der Waals surface area contributed by atoms with Gasteiger partial charge in [-0.05, 0) is 63.4 Å². The molecule has 0 saturated carbocycles. The fourth-order valence-electron chi connectivity index (χ4n) is 3.74. The molecule has 0 fully saturated rings. The Morgan fingerprint density at radius 1 is 0.500 bits per heavy atom. The summed E-state index contributed by atoms with van der Waals surface area (Å²) < 4.78 is 0. The summed E-state index contributed by atoms with van der Waals surface area (Å²) in [6.45, 7) is 8.89. The molecule has 4 rings (SSSR count). The molecule has 0 radical (unpaired) electrons. The molecule has 0 N–H and O–H groups in total. The van der Waals surface area contributed by atoms with Crippen molar-refractivity contribution in [2.24, 2.45) is 0 Å². The molecule has 0 amide bonds. The molecule has 4 aromatic rings. The van der Waals surface area contributed by atoms with E-state index in [1.54, 1.807) is 0 Å². The van der Waals surface area contributed by atoms with Crippen LogP contribution in [0.25, 0.3) is 33.5 Å². The van der Waals surface area contributed by atoms with Crippen molar-refractivity contribution in [3.05, 3.63) is 102 Å². The van der Waals surface area contributed by atoms with Crippen LogP contribution >= 0.6 is 0 Å². The minimum atomic E-state index is 0.497. The maximum Gasteiger partial charge on any atom is 0.0705 e. The molecule has 150 valence electrons. The maximum absolute atomic E-state index is 4.60. The van der Waals surface area contributed by atoms with Crippen molar-refractivity contribution in [1.29, 1.82) is 0 Å². The SMILES string of the molecule is CC(C)c1ccc(-c2ccc(-c3cccc(-c4cc(C(C)C)ccn4)c3)cc2)cc1. The van der Waals surface area contributed by atoms with Crippen LogP contribution < -0.4 is 0 Å². The Morgan fingerprint density at radius 2 is 1.03 bits per heavy atom. The number of aromatic nitrogens is 1. The molecule has 1 heteroatoms. The van der Waals surface area contributed by atoms with Gasteiger partial charge in [-0.1, -0.05) is 94.4 Å². The van der Waals surface area contributed by atoms with Crippen LogP contribution in [0.4, 0.5) is 0 Å². The lowest BCUT2D eigenvalue weighted by Gasteiger charge is -2.10. The van der Waals surface area contributed by atoms with Crippen LogP contribution in [0.15, 0.2) is 91.1 Å². The number of rotatable bonds is 5. The molecule has 0 aliphatic carbocycles. The third-order valence-electron chi connectivity index (χ3n) is 5.74. The number of hydrogen-bond donors (Lipinski definition) is 0. The highest BCUT2D eigenvalue weighted by Crippen LogP contribution is 2.29. The molecule has 0 spiro atoms. The fourth-order valence-corrected chi connectivity index (χ4v) is 3.74. The van der Waals surface area contributed by atoms with Crippen molar-refractivity contribution in [3.63, 3.8) is 0 Å². The van der Waals surface area contributed by atoms with Gasteiger partial charge in [0, 0.05) is 11.8 Å². The van der Waals surface area contributed by atoms with Crippen LogP contribution in [0.2, 0.25) is 0 Å². The van der Waals surface area contributed by atoms with Crippen LogP contribution in [0, 0.1) is 0 Å². The van der Waals surface area contributed by atoms with Crippen LogP contribution in [0.3, 0.4) is 0 Å². The largest absolute Gasteiger partial charge is 0.256 e. The Bertz CT molecular complexity index is 1120. The molecule has 30 heavy (non-hydrogen) atoms. The van der Waals surface area contributed by atoms with Gasteiger partial charge >= 0.3 is 0 Å². The summed E-state index contributed by atoms with van der Waals surface area (Å²) in [5.74, 6) is 1.06. The second kappa shape index (κ2) is 8.67. The smallest absolute Gasteiger partial charge is 0.0705 e. The maximum atomic E-state index is 4.60. The Labute approximate surface area is 180 Å². The third kappa shape index (κ3) is 4.36. The van der Waals surface area contributed by atoms with E-state index in [4.69, 9.17) is 0 Å². The average Bonchev–Trinajstić information content (AvgIpc) is 2.79. The van der Waals surface area contributed by atoms with Gasteiger partial charge in [0.25, 0.3) is 0 Å². The lowest BCUT2D eigenvalue weighted by atomic mass is 9.96. The van der Waals surface area contributed by atoms with Gasteiger partial charge in [0.1, 0.15) is 0 Å². The van der Waals surface area contributed by atoms with Gasteiger partial charge in [-0.25, -0.2) is 0 Å². The van der Waals surface area contributed by atoms with Crippen molar-refractivity contribution in [1.82, 2.24) is 4.98 Å². The van der Waals surface area contributed by atoms with Gasteiger partial charge in [0.15, 0.2) is 0 Å². The predicted molar refractivity (Wildman–Crippen MR) is 129 cm³/mol. The molecule has 3 aromatic carbocycles. The zero-order valence-corrected chi connectivity index (χ0v) is 18.3.